The number of thiophene rings is 1. The highest BCUT2D eigenvalue weighted by Crippen LogP contribution is 2.42. The van der Waals surface area contributed by atoms with E-state index in [2.05, 4.69) is 20.1 Å². The second-order valence-electron chi connectivity index (χ2n) is 6.48. The summed E-state index contributed by atoms with van der Waals surface area (Å²) in [6.07, 6.45) is 2.24. The predicted molar refractivity (Wildman–Crippen MR) is 114 cm³/mol. The number of carbonyl (C=O) groups excluding carboxylic acids is 1. The fourth-order valence-electron chi connectivity index (χ4n) is 2.79. The van der Waals surface area contributed by atoms with E-state index in [9.17, 15) is 4.79 Å². The number of anilines is 1. The molecule has 28 heavy (non-hydrogen) atoms. The van der Waals surface area contributed by atoms with E-state index in [4.69, 9.17) is 16.3 Å². The van der Waals surface area contributed by atoms with Crippen LogP contribution in [0.5, 0.6) is 5.75 Å². The minimum Gasteiger partial charge on any atom is -0.495 e. The number of nitrogens with zero attached hydrogens (tertiary/aromatic N) is 3. The Morgan fingerprint density at radius 1 is 1.39 bits per heavy atom. The van der Waals surface area contributed by atoms with Gasteiger partial charge in [0.25, 0.3) is 0 Å². The van der Waals surface area contributed by atoms with Gasteiger partial charge >= 0.3 is 0 Å². The van der Waals surface area contributed by atoms with Crippen molar-refractivity contribution in [3.05, 3.63) is 40.7 Å². The molecule has 4 rings (SSSR count). The van der Waals surface area contributed by atoms with Crippen LogP contribution in [0, 0.1) is 0 Å². The van der Waals surface area contributed by atoms with Crippen molar-refractivity contribution in [3.8, 4) is 16.5 Å². The maximum Gasteiger partial charge on any atom is 0.237 e. The van der Waals surface area contributed by atoms with Gasteiger partial charge in [0, 0.05) is 11.7 Å². The molecule has 2 heterocycles. The number of ether oxygens (including phenoxy) is 1. The largest absolute Gasteiger partial charge is 0.495 e. The van der Waals surface area contributed by atoms with Gasteiger partial charge in [0.1, 0.15) is 5.75 Å². The molecule has 9 heteroatoms. The summed E-state index contributed by atoms with van der Waals surface area (Å²) in [5.74, 6) is 1.34. The summed E-state index contributed by atoms with van der Waals surface area (Å²) in [7, 11) is 1.55. The lowest BCUT2D eigenvalue weighted by Crippen LogP contribution is -2.23. The maximum absolute atomic E-state index is 12.7. The SMILES string of the molecule is COc1ccc(NC(=O)C(C)Sc2nnc(-c3cccs3)n2C2CC2)cc1Cl. The van der Waals surface area contributed by atoms with Crippen molar-refractivity contribution >= 4 is 46.3 Å². The average Bonchev–Trinajstić information content (AvgIpc) is 3.20. The number of amides is 1. The summed E-state index contributed by atoms with van der Waals surface area (Å²) in [5, 5.41) is 14.6. The Morgan fingerprint density at radius 2 is 2.21 bits per heavy atom. The van der Waals surface area contributed by atoms with Gasteiger partial charge in [0.05, 0.1) is 22.3 Å². The lowest BCUT2D eigenvalue weighted by Gasteiger charge is -2.14. The van der Waals surface area contributed by atoms with Crippen LogP contribution >= 0.6 is 34.7 Å². The zero-order valence-corrected chi connectivity index (χ0v) is 17.8. The number of thioether (sulfide) groups is 1. The molecular formula is C19H19ClN4O2S2. The van der Waals surface area contributed by atoms with Gasteiger partial charge < -0.3 is 10.1 Å². The second-order valence-corrected chi connectivity index (χ2v) is 9.15. The number of benzene rings is 1. The van der Waals surface area contributed by atoms with Crippen LogP contribution in [0.2, 0.25) is 5.02 Å². The highest BCUT2D eigenvalue weighted by atomic mass is 35.5. The molecular weight excluding hydrogens is 416 g/mol. The molecule has 0 aliphatic heterocycles. The molecule has 0 spiro atoms. The van der Waals surface area contributed by atoms with Crippen molar-refractivity contribution in [2.75, 3.05) is 12.4 Å². The number of methoxy groups -OCH3 is 1. The van der Waals surface area contributed by atoms with Crippen molar-refractivity contribution in [3.63, 3.8) is 0 Å². The summed E-state index contributed by atoms with van der Waals surface area (Å²) in [4.78, 5) is 13.7. The zero-order valence-electron chi connectivity index (χ0n) is 15.4. The van der Waals surface area contributed by atoms with Gasteiger partial charge in [0.2, 0.25) is 5.91 Å². The van der Waals surface area contributed by atoms with Gasteiger partial charge in [0.15, 0.2) is 11.0 Å². The molecule has 1 aliphatic rings. The van der Waals surface area contributed by atoms with Crippen LogP contribution < -0.4 is 10.1 Å². The Hall–Kier alpha value is -2.03. The molecule has 0 bridgehead atoms. The molecule has 3 aromatic rings. The molecule has 1 saturated carbocycles. The molecule has 1 fully saturated rings. The van der Waals surface area contributed by atoms with Gasteiger partial charge in [-0.25, -0.2) is 0 Å². The van der Waals surface area contributed by atoms with E-state index in [1.807, 2.05) is 24.4 Å². The van der Waals surface area contributed by atoms with E-state index in [0.29, 0.717) is 22.5 Å². The van der Waals surface area contributed by atoms with Crippen molar-refractivity contribution in [1.29, 1.82) is 0 Å². The van der Waals surface area contributed by atoms with Gasteiger partial charge in [-0.1, -0.05) is 29.4 Å². The Balaban J connectivity index is 1.48. The topological polar surface area (TPSA) is 69.0 Å². The van der Waals surface area contributed by atoms with E-state index < -0.39 is 0 Å². The minimum atomic E-state index is -0.334. The van der Waals surface area contributed by atoms with Crippen molar-refractivity contribution < 1.29 is 9.53 Å². The summed E-state index contributed by atoms with van der Waals surface area (Å²) in [6, 6.07) is 9.65. The molecule has 1 atom stereocenters. The van der Waals surface area contributed by atoms with E-state index in [1.54, 1.807) is 36.6 Å². The highest BCUT2D eigenvalue weighted by Gasteiger charge is 2.31. The van der Waals surface area contributed by atoms with Crippen LogP contribution in [-0.2, 0) is 4.79 Å². The standard InChI is InChI=1S/C19H19ClN4O2S2/c1-11(18(25)21-12-5-8-15(26-2)14(20)10-12)28-19-23-22-17(16-4-3-9-27-16)24(19)13-6-7-13/h3-5,8-11,13H,6-7H2,1-2H3,(H,21,25). The molecule has 0 saturated heterocycles. The number of rotatable bonds is 7. The Morgan fingerprint density at radius 3 is 2.86 bits per heavy atom. The fraction of sp³-hybridized carbons (Fsp3) is 0.316. The van der Waals surface area contributed by atoms with E-state index in [-0.39, 0.29) is 11.2 Å². The number of halogens is 1. The smallest absolute Gasteiger partial charge is 0.237 e. The summed E-state index contributed by atoms with van der Waals surface area (Å²) >= 11 is 9.20. The number of carbonyl (C=O) groups is 1. The molecule has 1 unspecified atom stereocenters. The Kier molecular flexibility index (Phi) is 5.61. The average molecular weight is 435 g/mol. The summed E-state index contributed by atoms with van der Waals surface area (Å²) in [5.41, 5.74) is 0.631. The monoisotopic (exact) mass is 434 g/mol. The van der Waals surface area contributed by atoms with Crippen molar-refractivity contribution in [2.45, 2.75) is 36.2 Å². The summed E-state index contributed by atoms with van der Waals surface area (Å²) in [6.45, 7) is 1.86. The molecule has 0 radical (unpaired) electrons. The molecule has 2 aromatic heterocycles. The van der Waals surface area contributed by atoms with Crippen LogP contribution in [0.1, 0.15) is 25.8 Å². The first-order chi connectivity index (χ1) is 13.6. The van der Waals surface area contributed by atoms with Crippen LogP contribution in [0.3, 0.4) is 0 Å². The lowest BCUT2D eigenvalue weighted by molar-refractivity contribution is -0.115. The molecule has 146 valence electrons. The molecule has 1 aliphatic carbocycles. The summed E-state index contributed by atoms with van der Waals surface area (Å²) < 4.78 is 7.31. The van der Waals surface area contributed by atoms with Gasteiger partial charge in [-0.2, -0.15) is 0 Å². The van der Waals surface area contributed by atoms with E-state index >= 15 is 0 Å². The van der Waals surface area contributed by atoms with Gasteiger partial charge in [-0.05, 0) is 49.4 Å². The van der Waals surface area contributed by atoms with Gasteiger partial charge in [-0.3, -0.25) is 9.36 Å². The molecule has 1 amide bonds. The Labute approximate surface area is 176 Å². The third kappa shape index (κ3) is 4.04. The first-order valence-corrected chi connectivity index (χ1v) is 11.0. The van der Waals surface area contributed by atoms with E-state index in [1.165, 1.54) is 11.8 Å². The normalized spacial score (nSPS) is 14.7. The fourth-order valence-corrected chi connectivity index (χ4v) is 4.68. The third-order valence-corrected chi connectivity index (χ3v) is 6.61. The first kappa shape index (κ1) is 19.3. The van der Waals surface area contributed by atoms with Crippen LogP contribution in [-0.4, -0.2) is 33.0 Å². The third-order valence-electron chi connectivity index (χ3n) is 4.39. The van der Waals surface area contributed by atoms with E-state index in [0.717, 1.165) is 28.7 Å². The predicted octanol–water partition coefficient (Wildman–Crippen LogP) is 5.12. The lowest BCUT2D eigenvalue weighted by atomic mass is 10.3. The van der Waals surface area contributed by atoms with Gasteiger partial charge in [-0.15, -0.1) is 21.5 Å². The molecule has 1 N–H and O–H groups in total. The maximum atomic E-state index is 12.7. The van der Waals surface area contributed by atoms with Crippen LogP contribution in [0.4, 0.5) is 5.69 Å². The zero-order chi connectivity index (χ0) is 19.7. The highest BCUT2D eigenvalue weighted by molar-refractivity contribution is 8.00. The van der Waals surface area contributed by atoms with Crippen LogP contribution in [0.25, 0.3) is 10.7 Å². The number of nitrogens with one attached hydrogen (secondary N) is 1. The Bertz CT molecular complexity index is 986. The number of aromatic nitrogens is 3. The minimum absolute atomic E-state index is 0.116. The quantitative estimate of drug-likeness (QED) is 0.522. The first-order valence-electron chi connectivity index (χ1n) is 8.86. The second kappa shape index (κ2) is 8.14. The number of hydrogen-bond donors (Lipinski definition) is 1. The number of hydrogen-bond acceptors (Lipinski definition) is 6. The van der Waals surface area contributed by atoms with Crippen LogP contribution in [0.15, 0.2) is 40.9 Å². The molecule has 6 nitrogen and oxygen atoms in total. The van der Waals surface area contributed by atoms with Crippen molar-refractivity contribution in [2.24, 2.45) is 0 Å². The van der Waals surface area contributed by atoms with Crippen molar-refractivity contribution in [1.82, 2.24) is 14.8 Å². The molecule has 1 aromatic carbocycles.